The van der Waals surface area contributed by atoms with Crippen LogP contribution in [-0.4, -0.2) is 82.2 Å². The highest BCUT2D eigenvalue weighted by atomic mass is 19.4. The van der Waals surface area contributed by atoms with Gasteiger partial charge in [-0.1, -0.05) is 6.08 Å². The van der Waals surface area contributed by atoms with Crippen LogP contribution in [0.1, 0.15) is 5.56 Å². The topological polar surface area (TPSA) is 82.2 Å². The number of dihydropyridines is 2. The molecule has 3 unspecified atom stereocenters. The third kappa shape index (κ3) is 7.83. The largest absolute Gasteiger partial charge is 0.416 e. The van der Waals surface area contributed by atoms with E-state index in [4.69, 9.17) is 14.5 Å². The summed E-state index contributed by atoms with van der Waals surface area (Å²) in [6.45, 7) is 2.50. The van der Waals surface area contributed by atoms with E-state index < -0.39 is 41.7 Å². The Morgan fingerprint density at radius 1 is 0.927 bits per heavy atom. The molecule has 1 aromatic rings. The van der Waals surface area contributed by atoms with Gasteiger partial charge in [0.1, 0.15) is 18.0 Å². The first kappa shape index (κ1) is 30.5. The number of nitrogens with one attached hydrogen (secondary N) is 4. The Morgan fingerprint density at radius 2 is 1.61 bits per heavy atom. The lowest BCUT2D eigenvalue weighted by Crippen LogP contribution is -2.55. The molecule has 0 saturated heterocycles. The van der Waals surface area contributed by atoms with Crippen LogP contribution in [0.2, 0.25) is 0 Å². The van der Waals surface area contributed by atoms with Crippen molar-refractivity contribution in [1.29, 1.82) is 0 Å². The molecule has 4 rings (SSSR count). The maximum atomic E-state index is 13.7. The van der Waals surface area contributed by atoms with E-state index in [0.717, 1.165) is 18.2 Å². The first-order chi connectivity index (χ1) is 19.5. The van der Waals surface area contributed by atoms with Crippen molar-refractivity contribution in [2.75, 3.05) is 52.4 Å². The zero-order chi connectivity index (χ0) is 29.6. The molecule has 0 aliphatic carbocycles. The van der Waals surface area contributed by atoms with E-state index in [1.807, 2.05) is 0 Å². The third-order valence-corrected chi connectivity index (χ3v) is 6.70. The number of ether oxygens (including phenoxy) is 2. The number of alkyl halides is 6. The van der Waals surface area contributed by atoms with E-state index in [1.54, 1.807) is 20.3 Å². The lowest BCUT2D eigenvalue weighted by atomic mass is 9.92. The van der Waals surface area contributed by atoms with E-state index in [0.29, 0.717) is 55.6 Å². The minimum Gasteiger partial charge on any atom is -0.383 e. The second-order valence-corrected chi connectivity index (χ2v) is 9.58. The van der Waals surface area contributed by atoms with Gasteiger partial charge in [-0.05, 0) is 48.2 Å². The van der Waals surface area contributed by atoms with Gasteiger partial charge in [-0.25, -0.2) is 4.99 Å². The lowest BCUT2D eigenvalue weighted by molar-refractivity contribution is -0.137. The number of hydrogen-bond acceptors (Lipinski definition) is 8. The molecule has 0 fully saturated rings. The number of halogens is 6. The predicted molar refractivity (Wildman–Crippen MR) is 143 cm³/mol. The Morgan fingerprint density at radius 3 is 2.22 bits per heavy atom. The van der Waals surface area contributed by atoms with Crippen LogP contribution in [0.25, 0.3) is 0 Å². The fraction of sp³-hybridized carbons (Fsp3) is 0.444. The Balaban J connectivity index is 1.62. The highest BCUT2D eigenvalue weighted by Gasteiger charge is 2.41. The van der Waals surface area contributed by atoms with Gasteiger partial charge in [0.05, 0.1) is 30.4 Å². The van der Waals surface area contributed by atoms with Gasteiger partial charge in [0, 0.05) is 51.4 Å². The van der Waals surface area contributed by atoms with Crippen molar-refractivity contribution >= 4 is 11.5 Å². The highest BCUT2D eigenvalue weighted by molar-refractivity contribution is 6.02. The lowest BCUT2D eigenvalue weighted by Gasteiger charge is -2.38. The van der Waals surface area contributed by atoms with E-state index in [1.165, 1.54) is 30.6 Å². The minimum atomic E-state index is -4.54. The van der Waals surface area contributed by atoms with Gasteiger partial charge in [-0.15, -0.1) is 0 Å². The summed E-state index contributed by atoms with van der Waals surface area (Å²) in [5, 5.41) is 12.3. The van der Waals surface area contributed by atoms with Crippen LogP contribution in [0.5, 0.6) is 0 Å². The summed E-state index contributed by atoms with van der Waals surface area (Å²) in [4.78, 5) is 6.84. The molecule has 3 aliphatic heterocycles. The van der Waals surface area contributed by atoms with Crippen molar-refractivity contribution in [2.45, 2.75) is 30.6 Å². The van der Waals surface area contributed by atoms with Crippen LogP contribution in [0.3, 0.4) is 0 Å². The fourth-order valence-electron chi connectivity index (χ4n) is 4.64. The van der Waals surface area contributed by atoms with Gasteiger partial charge < -0.3 is 30.7 Å². The van der Waals surface area contributed by atoms with Gasteiger partial charge in [0.25, 0.3) is 0 Å². The second-order valence-electron chi connectivity index (χ2n) is 9.58. The Hall–Kier alpha value is -3.49. The smallest absolute Gasteiger partial charge is 0.383 e. The molecule has 0 bridgehead atoms. The number of anilines is 1. The average molecular weight is 587 g/mol. The maximum Gasteiger partial charge on any atom is 0.416 e. The van der Waals surface area contributed by atoms with E-state index in [9.17, 15) is 26.3 Å². The van der Waals surface area contributed by atoms with Crippen LogP contribution in [0.15, 0.2) is 76.7 Å². The summed E-state index contributed by atoms with van der Waals surface area (Å²) in [6.07, 6.45) is -2.63. The quantitative estimate of drug-likeness (QED) is 0.311. The second kappa shape index (κ2) is 13.0. The molecule has 1 aromatic carbocycles. The van der Waals surface area contributed by atoms with Crippen molar-refractivity contribution in [3.05, 3.63) is 77.3 Å². The molecule has 0 radical (unpaired) electrons. The number of rotatable bonds is 10. The zero-order valence-electron chi connectivity index (χ0n) is 22.4. The first-order valence-electron chi connectivity index (χ1n) is 12.9. The summed E-state index contributed by atoms with van der Waals surface area (Å²) < 4.78 is 90.8. The van der Waals surface area contributed by atoms with Crippen molar-refractivity contribution < 1.29 is 35.8 Å². The molecule has 0 aromatic heterocycles. The maximum absolute atomic E-state index is 13.7. The molecule has 0 spiro atoms. The number of aliphatic imine (C=N–C) groups is 1. The number of amidine groups is 1. The molecular formula is C27H32F6N6O2. The van der Waals surface area contributed by atoms with Gasteiger partial charge in [0.15, 0.2) is 0 Å². The van der Waals surface area contributed by atoms with Crippen molar-refractivity contribution in [2.24, 2.45) is 4.99 Å². The van der Waals surface area contributed by atoms with Crippen LogP contribution >= 0.6 is 0 Å². The standard InChI is InChI=1S/C27H32F6N6O2/c1-40-12-10-39(11-13-41-2)16-22-37-21-14-17(23-20(27(31,32)33)4-3-9-34-23)15-35-24(21)25(38-22)36-19-7-5-18(6-8-19)26(28,29)30/h3-9,14-15,22-24,34-35,37H,10-13,16H2,1-2H3,(H,36,38). The summed E-state index contributed by atoms with van der Waals surface area (Å²) >= 11 is 0. The van der Waals surface area contributed by atoms with Crippen molar-refractivity contribution in [3.8, 4) is 0 Å². The predicted octanol–water partition coefficient (Wildman–Crippen LogP) is 3.75. The van der Waals surface area contributed by atoms with Gasteiger partial charge in [-0.3, -0.25) is 4.90 Å². The molecular weight excluding hydrogens is 554 g/mol. The van der Waals surface area contributed by atoms with Gasteiger partial charge in [0.2, 0.25) is 0 Å². The normalized spacial score (nSPS) is 22.4. The summed E-state index contributed by atoms with van der Waals surface area (Å²) in [5.41, 5.74) is -0.232. The zero-order valence-corrected chi connectivity index (χ0v) is 22.4. The number of nitrogens with zero attached hydrogens (tertiary/aromatic N) is 2. The van der Waals surface area contributed by atoms with Crippen molar-refractivity contribution in [1.82, 2.24) is 20.9 Å². The first-order valence-corrected chi connectivity index (χ1v) is 12.9. The number of methoxy groups -OCH3 is 2. The number of allylic oxidation sites excluding steroid dienone is 2. The number of benzene rings is 1. The molecule has 224 valence electrons. The molecule has 4 N–H and O–H groups in total. The van der Waals surface area contributed by atoms with Crippen molar-refractivity contribution in [3.63, 3.8) is 0 Å². The summed E-state index contributed by atoms with van der Waals surface area (Å²) in [7, 11) is 3.18. The average Bonchev–Trinajstić information content (AvgIpc) is 2.93. The van der Waals surface area contributed by atoms with Crippen LogP contribution in [0.4, 0.5) is 32.0 Å². The summed E-state index contributed by atoms with van der Waals surface area (Å²) in [5.74, 6) is 0.400. The number of fused-ring (bicyclic) bond motifs is 1. The molecule has 3 aliphatic rings. The van der Waals surface area contributed by atoms with Crippen LogP contribution in [0, 0.1) is 0 Å². The van der Waals surface area contributed by atoms with E-state index >= 15 is 0 Å². The summed E-state index contributed by atoms with van der Waals surface area (Å²) in [6, 6.07) is 2.81. The van der Waals surface area contributed by atoms with Gasteiger partial charge in [-0.2, -0.15) is 26.3 Å². The highest BCUT2D eigenvalue weighted by Crippen LogP contribution is 2.34. The van der Waals surface area contributed by atoms with Crippen LogP contribution in [-0.2, 0) is 15.7 Å². The molecule has 14 heteroatoms. The molecule has 41 heavy (non-hydrogen) atoms. The molecule has 0 amide bonds. The SMILES string of the molecule is COCCN(CCOC)CC1N=C(Nc2ccc(C(F)(F)F)cc2)C2NC=C(C3NC=CC=C3C(F)(F)F)C=C2N1. The molecule has 3 atom stereocenters. The molecule has 3 heterocycles. The number of hydrogen-bond donors (Lipinski definition) is 4. The minimum absolute atomic E-state index is 0.349. The Labute approximate surface area is 233 Å². The Kier molecular flexibility index (Phi) is 9.66. The Bertz CT molecular complexity index is 1200. The monoisotopic (exact) mass is 586 g/mol. The van der Waals surface area contributed by atoms with E-state index in [-0.39, 0.29) is 0 Å². The fourth-order valence-corrected chi connectivity index (χ4v) is 4.64. The van der Waals surface area contributed by atoms with Gasteiger partial charge >= 0.3 is 12.4 Å². The molecule has 0 saturated carbocycles. The van der Waals surface area contributed by atoms with Crippen LogP contribution < -0.4 is 21.3 Å². The van der Waals surface area contributed by atoms with E-state index in [2.05, 4.69) is 26.2 Å². The molecule has 8 nitrogen and oxygen atoms in total. The third-order valence-electron chi connectivity index (χ3n) is 6.70.